The van der Waals surface area contributed by atoms with E-state index in [1.54, 1.807) is 29.3 Å². The van der Waals surface area contributed by atoms with Gasteiger partial charge in [0.25, 0.3) is 5.91 Å². The van der Waals surface area contributed by atoms with Crippen LogP contribution in [0.25, 0.3) is 5.76 Å². The van der Waals surface area contributed by atoms with Crippen molar-refractivity contribution in [2.75, 3.05) is 11.4 Å². The summed E-state index contributed by atoms with van der Waals surface area (Å²) < 4.78 is 40.9. The minimum absolute atomic E-state index is 0.188. The van der Waals surface area contributed by atoms with Crippen LogP contribution in [0.3, 0.4) is 0 Å². The van der Waals surface area contributed by atoms with E-state index in [1.807, 2.05) is 6.92 Å². The molecule has 4 rings (SSSR count). The predicted octanol–water partition coefficient (Wildman–Crippen LogP) is 4.78. The highest BCUT2D eigenvalue weighted by Crippen LogP contribution is 2.38. The van der Waals surface area contributed by atoms with Crippen LogP contribution in [0.4, 0.5) is 18.9 Å². The molecule has 34 heavy (non-hydrogen) atoms. The maximum atomic E-state index is 13.5. The topological polar surface area (TPSA) is 85.5 Å². The van der Waals surface area contributed by atoms with Crippen LogP contribution in [0, 0.1) is 0 Å². The number of anilines is 1. The number of carbonyl (C=O) groups excluding carboxylic acids is 1. The van der Waals surface area contributed by atoms with Gasteiger partial charge in [-0.05, 0) is 31.2 Å². The molecule has 3 heterocycles. The summed E-state index contributed by atoms with van der Waals surface area (Å²) in [5.41, 5.74) is 0.482. The lowest BCUT2D eigenvalue weighted by molar-refractivity contribution is -0.137. The third-order valence-corrected chi connectivity index (χ3v) is 5.53. The zero-order valence-electron chi connectivity index (χ0n) is 17.8. The van der Waals surface area contributed by atoms with E-state index in [2.05, 4.69) is 26.9 Å². The molecule has 176 valence electrons. The summed E-state index contributed by atoms with van der Waals surface area (Å²) >= 11 is 5.88. The summed E-state index contributed by atoms with van der Waals surface area (Å²) in [5.74, 6) is -0.241. The summed E-state index contributed by atoms with van der Waals surface area (Å²) in [4.78, 5) is 28.4. The fourth-order valence-electron chi connectivity index (χ4n) is 3.67. The number of hydrogen-bond donors (Lipinski definition) is 0. The quantitative estimate of drug-likeness (QED) is 0.282. The number of benzene rings is 1. The maximum Gasteiger partial charge on any atom is 0.417 e. The Hall–Kier alpha value is -3.73. The van der Waals surface area contributed by atoms with E-state index in [0.29, 0.717) is 17.7 Å². The lowest BCUT2D eigenvalue weighted by Gasteiger charge is -2.32. The van der Waals surface area contributed by atoms with Gasteiger partial charge in [-0.1, -0.05) is 16.8 Å². The van der Waals surface area contributed by atoms with E-state index in [0.717, 1.165) is 12.1 Å². The molecule has 1 aliphatic rings. The van der Waals surface area contributed by atoms with E-state index in [4.69, 9.17) is 16.4 Å². The highest BCUT2D eigenvalue weighted by molar-refractivity contribution is 6.31. The molecule has 1 aromatic carbocycles. The average Bonchev–Trinajstić information content (AvgIpc) is 3.25. The molecule has 0 fully saturated rings. The van der Waals surface area contributed by atoms with Gasteiger partial charge in [-0.15, -0.1) is 0 Å². The largest absolute Gasteiger partial charge is 0.417 e. The first kappa shape index (κ1) is 23.4. The summed E-state index contributed by atoms with van der Waals surface area (Å²) in [6, 6.07) is 2.94. The summed E-state index contributed by atoms with van der Waals surface area (Å²) in [5, 5.41) is 7.31. The average molecular weight is 491 g/mol. The number of amides is 1. The Morgan fingerprint density at radius 2 is 2.15 bits per heavy atom. The van der Waals surface area contributed by atoms with Crippen LogP contribution in [-0.2, 0) is 17.4 Å². The van der Waals surface area contributed by atoms with Gasteiger partial charge in [-0.2, -0.15) is 18.3 Å². The van der Waals surface area contributed by atoms with Crippen molar-refractivity contribution in [3.63, 3.8) is 0 Å². The minimum Gasteiger partial charge on any atom is -0.357 e. The van der Waals surface area contributed by atoms with Gasteiger partial charge in [-0.3, -0.25) is 19.4 Å². The number of carbonyl (C=O) groups is 1. The molecule has 1 atom stereocenters. The second-order valence-corrected chi connectivity index (χ2v) is 7.87. The monoisotopic (exact) mass is 490 g/mol. The summed E-state index contributed by atoms with van der Waals surface area (Å²) in [6.45, 7) is 5.36. The Morgan fingerprint density at radius 3 is 2.79 bits per heavy atom. The first-order chi connectivity index (χ1) is 16.2. The Kier molecular flexibility index (Phi) is 6.38. The van der Waals surface area contributed by atoms with Gasteiger partial charge < -0.3 is 9.74 Å². The zero-order chi connectivity index (χ0) is 24.5. The van der Waals surface area contributed by atoms with Gasteiger partial charge in [0.15, 0.2) is 5.76 Å². The molecular weight excluding hydrogens is 473 g/mol. The third-order valence-electron chi connectivity index (χ3n) is 5.22. The van der Waals surface area contributed by atoms with Crippen molar-refractivity contribution in [3.05, 3.63) is 76.6 Å². The molecule has 0 N–H and O–H groups in total. The zero-order valence-corrected chi connectivity index (χ0v) is 18.6. The van der Waals surface area contributed by atoms with Crippen LogP contribution in [0.15, 0.2) is 54.2 Å². The molecule has 0 radical (unpaired) electrons. The molecule has 2 aromatic heterocycles. The van der Waals surface area contributed by atoms with Gasteiger partial charge in [0.1, 0.15) is 5.69 Å². The first-order valence-corrected chi connectivity index (χ1v) is 10.4. The maximum absolute atomic E-state index is 13.5. The number of rotatable bonds is 6. The number of alkyl halides is 3. The Bertz CT molecular complexity index is 1260. The fraction of sp³-hybridized carbons (Fsp3) is 0.227. The first-order valence-electron chi connectivity index (χ1n) is 10.0. The highest BCUT2D eigenvalue weighted by Gasteiger charge is 2.37. The van der Waals surface area contributed by atoms with Gasteiger partial charge in [0.2, 0.25) is 0 Å². The minimum atomic E-state index is -4.60. The van der Waals surface area contributed by atoms with E-state index < -0.39 is 22.7 Å². The van der Waals surface area contributed by atoms with E-state index in [9.17, 15) is 18.0 Å². The molecule has 3 aromatic rings. The Morgan fingerprint density at radius 1 is 1.35 bits per heavy atom. The molecular formula is C22H18ClF3N6O2. The molecule has 0 bridgehead atoms. The molecule has 0 unspecified atom stereocenters. The number of allylic oxidation sites excluding steroid dienone is 1. The standard InChI is InChI=1S/C22H18ClF3N6O2/c1-13-12-31(15-4-5-17(18(23)9-15)22(24,25)26)21(33)20-16(11-30-32(13)20)19(34-27-2)6-3-14-10-28-7-8-29-14/h4-11,13H,2-3,12H2,1H3/b19-6-/t13-/m0/s1. The normalized spacial score (nSPS) is 16.4. The van der Waals surface area contributed by atoms with Gasteiger partial charge in [-0.25, -0.2) is 0 Å². The van der Waals surface area contributed by atoms with Crippen molar-refractivity contribution in [3.8, 4) is 0 Å². The van der Waals surface area contributed by atoms with Crippen molar-refractivity contribution in [2.24, 2.45) is 5.16 Å². The molecule has 0 saturated carbocycles. The van der Waals surface area contributed by atoms with Crippen LogP contribution in [0.5, 0.6) is 0 Å². The number of oxime groups is 1. The van der Waals surface area contributed by atoms with Crippen LogP contribution >= 0.6 is 11.6 Å². The molecule has 1 amide bonds. The van der Waals surface area contributed by atoms with Gasteiger partial charge >= 0.3 is 6.18 Å². The van der Waals surface area contributed by atoms with Crippen LogP contribution < -0.4 is 4.90 Å². The second kappa shape index (κ2) is 9.26. The van der Waals surface area contributed by atoms with Gasteiger partial charge in [0.05, 0.1) is 34.1 Å². The fourth-order valence-corrected chi connectivity index (χ4v) is 3.95. The van der Waals surface area contributed by atoms with E-state index in [-0.39, 0.29) is 29.7 Å². The van der Waals surface area contributed by atoms with Crippen molar-refractivity contribution in [1.29, 1.82) is 0 Å². The van der Waals surface area contributed by atoms with Crippen molar-refractivity contribution >= 4 is 35.7 Å². The molecule has 1 aliphatic heterocycles. The van der Waals surface area contributed by atoms with E-state index >= 15 is 0 Å². The Balaban J connectivity index is 1.71. The predicted molar refractivity (Wildman–Crippen MR) is 119 cm³/mol. The molecule has 12 heteroatoms. The molecule has 0 spiro atoms. The van der Waals surface area contributed by atoms with Gasteiger partial charge in [0, 0.05) is 44.0 Å². The second-order valence-electron chi connectivity index (χ2n) is 7.47. The lowest BCUT2D eigenvalue weighted by Crippen LogP contribution is -2.43. The summed E-state index contributed by atoms with van der Waals surface area (Å²) in [6.07, 6.45) is 3.57. The molecule has 8 nitrogen and oxygen atoms in total. The number of hydrogen-bond acceptors (Lipinski definition) is 6. The number of halogens is 4. The number of aromatic nitrogens is 4. The molecule has 0 aliphatic carbocycles. The van der Waals surface area contributed by atoms with Crippen LogP contribution in [0.1, 0.15) is 40.3 Å². The van der Waals surface area contributed by atoms with Crippen molar-refractivity contribution in [2.45, 2.75) is 25.6 Å². The number of fused-ring (bicyclic) bond motifs is 1. The number of nitrogens with zero attached hydrogens (tertiary/aromatic N) is 6. The van der Waals surface area contributed by atoms with Crippen LogP contribution in [0.2, 0.25) is 5.02 Å². The molecule has 0 saturated heterocycles. The van der Waals surface area contributed by atoms with Crippen LogP contribution in [-0.4, -0.2) is 38.9 Å². The smallest absolute Gasteiger partial charge is 0.357 e. The van der Waals surface area contributed by atoms with Crippen molar-refractivity contribution in [1.82, 2.24) is 19.7 Å². The lowest BCUT2D eigenvalue weighted by atomic mass is 10.1. The van der Waals surface area contributed by atoms with E-state index in [1.165, 1.54) is 17.2 Å². The SMILES string of the molecule is C=NO/C(=C\Cc1cnccn1)c1cnn2c1C(=O)N(c1ccc(C(F)(F)F)c(Cl)c1)C[C@@H]2C. The summed E-state index contributed by atoms with van der Waals surface area (Å²) in [7, 11) is 0. The Labute approximate surface area is 197 Å². The third kappa shape index (κ3) is 4.51. The highest BCUT2D eigenvalue weighted by atomic mass is 35.5. The van der Waals surface area contributed by atoms with Crippen molar-refractivity contribution < 1.29 is 22.8 Å².